The van der Waals surface area contributed by atoms with Gasteiger partial charge in [-0.15, -0.1) is 0 Å². The average molecular weight is 189 g/mol. The summed E-state index contributed by atoms with van der Waals surface area (Å²) < 4.78 is 5.39. The zero-order valence-corrected chi connectivity index (χ0v) is 8.47. The molecule has 14 heavy (non-hydrogen) atoms. The summed E-state index contributed by atoms with van der Waals surface area (Å²) in [5.74, 6) is 1.04. The summed E-state index contributed by atoms with van der Waals surface area (Å²) in [5.41, 5.74) is 3.36. The standard InChI is InChI=1S/C12H15NO/c1-14-11-4-2-3-10-9(11)7-13-8-12(10)5-6-12/h2-4,13H,5-8H2,1H3. The first kappa shape index (κ1) is 8.30. The largest absolute Gasteiger partial charge is 0.496 e. The van der Waals surface area contributed by atoms with Gasteiger partial charge in [-0.3, -0.25) is 0 Å². The van der Waals surface area contributed by atoms with Crippen LogP contribution in [0.3, 0.4) is 0 Å². The third-order valence-corrected chi connectivity index (χ3v) is 3.54. The van der Waals surface area contributed by atoms with E-state index in [1.165, 1.54) is 24.0 Å². The molecule has 1 fully saturated rings. The molecule has 2 heteroatoms. The van der Waals surface area contributed by atoms with Crippen molar-refractivity contribution < 1.29 is 4.74 Å². The van der Waals surface area contributed by atoms with Crippen molar-refractivity contribution in [1.82, 2.24) is 5.32 Å². The lowest BCUT2D eigenvalue weighted by atomic mass is 9.87. The molecule has 74 valence electrons. The van der Waals surface area contributed by atoms with Gasteiger partial charge >= 0.3 is 0 Å². The molecule has 1 saturated carbocycles. The van der Waals surface area contributed by atoms with E-state index in [2.05, 4.69) is 23.5 Å². The molecule has 1 aliphatic carbocycles. The molecule has 0 radical (unpaired) electrons. The monoisotopic (exact) mass is 189 g/mol. The third-order valence-electron chi connectivity index (χ3n) is 3.54. The van der Waals surface area contributed by atoms with Crippen LogP contribution >= 0.6 is 0 Å². The van der Waals surface area contributed by atoms with E-state index in [1.54, 1.807) is 7.11 Å². The third kappa shape index (κ3) is 1.01. The number of hydrogen-bond donors (Lipinski definition) is 1. The number of fused-ring (bicyclic) bond motifs is 2. The first-order valence-corrected chi connectivity index (χ1v) is 5.23. The van der Waals surface area contributed by atoms with E-state index < -0.39 is 0 Å². The van der Waals surface area contributed by atoms with Gasteiger partial charge in [0.2, 0.25) is 0 Å². The number of hydrogen-bond acceptors (Lipinski definition) is 2. The Bertz CT molecular complexity index is 369. The van der Waals surface area contributed by atoms with E-state index in [0.29, 0.717) is 5.41 Å². The highest BCUT2D eigenvalue weighted by molar-refractivity contribution is 5.48. The van der Waals surface area contributed by atoms with Crippen LogP contribution in [-0.2, 0) is 12.0 Å². The molecule has 3 rings (SSSR count). The van der Waals surface area contributed by atoms with Crippen molar-refractivity contribution in [2.75, 3.05) is 13.7 Å². The summed E-state index contributed by atoms with van der Waals surface area (Å²) in [6.45, 7) is 2.11. The lowest BCUT2D eigenvalue weighted by Gasteiger charge is -2.27. The minimum Gasteiger partial charge on any atom is -0.496 e. The Labute approximate surface area is 84.3 Å². The van der Waals surface area contributed by atoms with Crippen molar-refractivity contribution in [2.45, 2.75) is 24.8 Å². The number of benzene rings is 1. The molecule has 0 aromatic heterocycles. The SMILES string of the molecule is COc1cccc2c1CNCC21CC1. The molecule has 1 aromatic rings. The Morgan fingerprint density at radius 1 is 1.36 bits per heavy atom. The highest BCUT2D eigenvalue weighted by Gasteiger charge is 2.47. The van der Waals surface area contributed by atoms with E-state index in [4.69, 9.17) is 4.74 Å². The Morgan fingerprint density at radius 2 is 2.21 bits per heavy atom. The maximum Gasteiger partial charge on any atom is 0.123 e. The summed E-state index contributed by atoms with van der Waals surface area (Å²) in [6.07, 6.45) is 2.67. The molecule has 2 aliphatic rings. The van der Waals surface area contributed by atoms with Gasteiger partial charge in [0.25, 0.3) is 0 Å². The first-order valence-electron chi connectivity index (χ1n) is 5.23. The molecular weight excluding hydrogens is 174 g/mol. The highest BCUT2D eigenvalue weighted by atomic mass is 16.5. The second-order valence-electron chi connectivity index (χ2n) is 4.37. The van der Waals surface area contributed by atoms with Crippen LogP contribution in [0.5, 0.6) is 5.75 Å². The van der Waals surface area contributed by atoms with E-state index in [9.17, 15) is 0 Å². The van der Waals surface area contributed by atoms with Crippen LogP contribution in [0, 0.1) is 0 Å². The normalized spacial score (nSPS) is 21.8. The van der Waals surface area contributed by atoms with Crippen molar-refractivity contribution in [2.24, 2.45) is 0 Å². The summed E-state index contributed by atoms with van der Waals surface area (Å²) in [7, 11) is 1.75. The Kier molecular flexibility index (Phi) is 1.62. The summed E-state index contributed by atoms with van der Waals surface area (Å²) >= 11 is 0. The molecular formula is C12H15NO. The van der Waals surface area contributed by atoms with Crippen LogP contribution in [0.15, 0.2) is 18.2 Å². The molecule has 1 aromatic carbocycles. The first-order chi connectivity index (χ1) is 6.86. The minimum atomic E-state index is 0.460. The van der Waals surface area contributed by atoms with E-state index in [0.717, 1.165) is 18.8 Å². The van der Waals surface area contributed by atoms with Gasteiger partial charge in [0.1, 0.15) is 5.75 Å². The summed E-state index contributed by atoms with van der Waals surface area (Å²) in [6, 6.07) is 6.44. The highest BCUT2D eigenvalue weighted by Crippen LogP contribution is 2.51. The fraction of sp³-hybridized carbons (Fsp3) is 0.500. The second kappa shape index (κ2) is 2.74. The minimum absolute atomic E-state index is 0.460. The molecule has 1 heterocycles. The van der Waals surface area contributed by atoms with Gasteiger partial charge in [-0.2, -0.15) is 0 Å². The smallest absolute Gasteiger partial charge is 0.123 e. The van der Waals surface area contributed by atoms with Gasteiger partial charge in [0.05, 0.1) is 7.11 Å². The van der Waals surface area contributed by atoms with Crippen LogP contribution in [0.4, 0.5) is 0 Å². The van der Waals surface area contributed by atoms with E-state index in [1.807, 2.05) is 0 Å². The zero-order valence-electron chi connectivity index (χ0n) is 8.47. The molecule has 0 saturated heterocycles. The number of rotatable bonds is 1. The van der Waals surface area contributed by atoms with E-state index >= 15 is 0 Å². The molecule has 0 unspecified atom stereocenters. The molecule has 1 N–H and O–H groups in total. The molecule has 1 aliphatic heterocycles. The van der Waals surface area contributed by atoms with Crippen LogP contribution < -0.4 is 10.1 Å². The maximum atomic E-state index is 5.39. The number of methoxy groups -OCH3 is 1. The van der Waals surface area contributed by atoms with Crippen LogP contribution in [0.1, 0.15) is 24.0 Å². The predicted molar refractivity (Wildman–Crippen MR) is 55.6 cm³/mol. The quantitative estimate of drug-likeness (QED) is 0.727. The van der Waals surface area contributed by atoms with Crippen molar-refractivity contribution in [3.63, 3.8) is 0 Å². The Morgan fingerprint density at radius 3 is 2.93 bits per heavy atom. The van der Waals surface area contributed by atoms with Crippen LogP contribution in [-0.4, -0.2) is 13.7 Å². The number of ether oxygens (including phenoxy) is 1. The molecule has 0 atom stereocenters. The Balaban J connectivity index is 2.15. The summed E-state index contributed by atoms with van der Waals surface area (Å²) in [5, 5.41) is 3.49. The lowest BCUT2D eigenvalue weighted by molar-refractivity contribution is 0.399. The van der Waals surface area contributed by atoms with Gasteiger partial charge in [0.15, 0.2) is 0 Å². The van der Waals surface area contributed by atoms with Gasteiger partial charge in [-0.1, -0.05) is 12.1 Å². The lowest BCUT2D eigenvalue weighted by Crippen LogP contribution is -2.33. The van der Waals surface area contributed by atoms with Crippen molar-refractivity contribution in [1.29, 1.82) is 0 Å². The predicted octanol–water partition coefficient (Wildman–Crippen LogP) is 1.83. The molecule has 1 spiro atoms. The van der Waals surface area contributed by atoms with Crippen molar-refractivity contribution >= 4 is 0 Å². The summed E-state index contributed by atoms with van der Waals surface area (Å²) in [4.78, 5) is 0. The molecule has 0 bridgehead atoms. The fourth-order valence-electron chi connectivity index (χ4n) is 2.56. The number of nitrogens with one attached hydrogen (secondary N) is 1. The molecule has 0 amide bonds. The molecule has 2 nitrogen and oxygen atoms in total. The van der Waals surface area contributed by atoms with Crippen molar-refractivity contribution in [3.8, 4) is 5.75 Å². The van der Waals surface area contributed by atoms with Crippen molar-refractivity contribution in [3.05, 3.63) is 29.3 Å². The van der Waals surface area contributed by atoms with Gasteiger partial charge < -0.3 is 10.1 Å². The maximum absolute atomic E-state index is 5.39. The fourth-order valence-corrected chi connectivity index (χ4v) is 2.56. The topological polar surface area (TPSA) is 21.3 Å². The second-order valence-corrected chi connectivity index (χ2v) is 4.37. The van der Waals surface area contributed by atoms with E-state index in [-0.39, 0.29) is 0 Å². The zero-order chi connectivity index (χ0) is 9.60. The van der Waals surface area contributed by atoms with Crippen LogP contribution in [0.25, 0.3) is 0 Å². The van der Waals surface area contributed by atoms with Gasteiger partial charge in [0, 0.05) is 24.1 Å². The average Bonchev–Trinajstić information content (AvgIpc) is 2.99. The Hall–Kier alpha value is -1.02. The van der Waals surface area contributed by atoms with Crippen LogP contribution in [0.2, 0.25) is 0 Å². The van der Waals surface area contributed by atoms with Gasteiger partial charge in [-0.05, 0) is 24.5 Å². The van der Waals surface area contributed by atoms with Gasteiger partial charge in [-0.25, -0.2) is 0 Å².